The van der Waals surface area contributed by atoms with Crippen LogP contribution in [0.5, 0.6) is 11.5 Å². The highest BCUT2D eigenvalue weighted by Gasteiger charge is 2.24. The average Bonchev–Trinajstić information content (AvgIpc) is 3.19. The van der Waals surface area contributed by atoms with E-state index in [1.54, 1.807) is 32.0 Å². The van der Waals surface area contributed by atoms with E-state index in [1.165, 1.54) is 0 Å². The van der Waals surface area contributed by atoms with Gasteiger partial charge in [-0.2, -0.15) is 0 Å². The van der Waals surface area contributed by atoms with Crippen LogP contribution in [0.3, 0.4) is 0 Å². The molecule has 1 heterocycles. The number of carbonyl (C=O) groups excluding carboxylic acids is 1. The lowest BCUT2D eigenvalue weighted by atomic mass is 9.99. The lowest BCUT2D eigenvalue weighted by Crippen LogP contribution is -2.29. The quantitative estimate of drug-likeness (QED) is 0.528. The number of halogens is 1. The van der Waals surface area contributed by atoms with E-state index in [0.717, 1.165) is 28.9 Å². The van der Waals surface area contributed by atoms with Gasteiger partial charge in [-0.15, -0.1) is 0 Å². The second-order valence-corrected chi connectivity index (χ2v) is 8.96. The average molecular weight is 476 g/mol. The van der Waals surface area contributed by atoms with Crippen molar-refractivity contribution in [2.75, 3.05) is 6.61 Å². The van der Waals surface area contributed by atoms with E-state index in [-0.39, 0.29) is 31.1 Å². The fourth-order valence-electron chi connectivity index (χ4n) is 3.74. The summed E-state index contributed by atoms with van der Waals surface area (Å²) >= 11 is 6.30. The zero-order valence-electron chi connectivity index (χ0n) is 19.3. The van der Waals surface area contributed by atoms with Crippen LogP contribution >= 0.6 is 11.6 Å². The maximum Gasteiger partial charge on any atom is 0.333 e. The van der Waals surface area contributed by atoms with Crippen LogP contribution in [0.15, 0.2) is 30.3 Å². The standard InChI is InChI=1S/C25H30ClNO6/c1-14(2)32-19-5-6-20(21(26)12-19)24(28)27-13-18-10-16(9-17-7-8-31-23(17)18)11-22(25(29)30)33-15(3)4/h5-6,9-10,12,14-15,22H,7-8,11,13H2,1-4H3,(H,27,28)(H,29,30). The molecule has 1 aliphatic heterocycles. The van der Waals surface area contributed by atoms with Gasteiger partial charge in [0.1, 0.15) is 11.5 Å². The smallest absolute Gasteiger partial charge is 0.333 e. The van der Waals surface area contributed by atoms with Gasteiger partial charge in [0.2, 0.25) is 0 Å². The highest BCUT2D eigenvalue weighted by Crippen LogP contribution is 2.32. The molecule has 1 amide bonds. The summed E-state index contributed by atoms with van der Waals surface area (Å²) in [6.45, 7) is 8.21. The number of hydrogen-bond donors (Lipinski definition) is 2. The molecule has 33 heavy (non-hydrogen) atoms. The van der Waals surface area contributed by atoms with Crippen LogP contribution in [-0.4, -0.2) is 41.9 Å². The van der Waals surface area contributed by atoms with Crippen molar-refractivity contribution in [3.05, 3.63) is 57.6 Å². The first-order valence-electron chi connectivity index (χ1n) is 11.0. The van der Waals surface area contributed by atoms with Crippen LogP contribution < -0.4 is 14.8 Å². The molecule has 1 aliphatic rings. The first kappa shape index (κ1) is 24.9. The number of ether oxygens (including phenoxy) is 3. The number of fused-ring (bicyclic) bond motifs is 1. The predicted molar refractivity (Wildman–Crippen MR) is 125 cm³/mol. The minimum absolute atomic E-state index is 0.00165. The molecule has 0 aromatic heterocycles. The summed E-state index contributed by atoms with van der Waals surface area (Å²) in [5.74, 6) is 0.0131. The number of nitrogens with one attached hydrogen (secondary N) is 1. The Morgan fingerprint density at radius 3 is 2.55 bits per heavy atom. The molecular weight excluding hydrogens is 446 g/mol. The number of amides is 1. The number of hydrogen-bond acceptors (Lipinski definition) is 5. The lowest BCUT2D eigenvalue weighted by molar-refractivity contribution is -0.153. The molecule has 0 saturated carbocycles. The van der Waals surface area contributed by atoms with Crippen LogP contribution in [0.1, 0.15) is 54.7 Å². The second kappa shape index (κ2) is 10.9. The Labute approximate surface area is 199 Å². The first-order valence-corrected chi connectivity index (χ1v) is 11.4. The number of carboxylic acid groups (broad SMARTS) is 1. The number of carbonyl (C=O) groups is 2. The number of carboxylic acids is 1. The van der Waals surface area contributed by atoms with E-state index in [4.69, 9.17) is 25.8 Å². The van der Waals surface area contributed by atoms with Gasteiger partial charge in [-0.3, -0.25) is 4.79 Å². The van der Waals surface area contributed by atoms with Gasteiger partial charge in [0, 0.05) is 24.9 Å². The van der Waals surface area contributed by atoms with Crippen molar-refractivity contribution in [2.45, 2.75) is 65.4 Å². The SMILES string of the molecule is CC(C)Oc1ccc(C(=O)NCc2cc(CC(OC(C)C)C(=O)O)cc3c2OCC3)c(Cl)c1. The van der Waals surface area contributed by atoms with Crippen molar-refractivity contribution in [1.29, 1.82) is 0 Å². The van der Waals surface area contributed by atoms with Crippen LogP contribution in [0.4, 0.5) is 0 Å². The fourth-order valence-corrected chi connectivity index (χ4v) is 4.00. The van der Waals surface area contributed by atoms with E-state index in [1.807, 2.05) is 26.0 Å². The highest BCUT2D eigenvalue weighted by atomic mass is 35.5. The summed E-state index contributed by atoms with van der Waals surface area (Å²) in [7, 11) is 0. The van der Waals surface area contributed by atoms with Gasteiger partial charge in [0.15, 0.2) is 6.10 Å². The number of aliphatic carboxylic acids is 1. The van der Waals surface area contributed by atoms with Crippen molar-refractivity contribution in [1.82, 2.24) is 5.32 Å². The molecule has 2 N–H and O–H groups in total. The Morgan fingerprint density at radius 1 is 1.15 bits per heavy atom. The van der Waals surface area contributed by atoms with Crippen molar-refractivity contribution < 1.29 is 28.9 Å². The zero-order chi connectivity index (χ0) is 24.1. The summed E-state index contributed by atoms with van der Waals surface area (Å²) < 4.78 is 16.9. The molecule has 0 spiro atoms. The Hall–Kier alpha value is -2.77. The molecular formula is C25H30ClNO6. The van der Waals surface area contributed by atoms with Crippen molar-refractivity contribution in [2.24, 2.45) is 0 Å². The van der Waals surface area contributed by atoms with Crippen LogP contribution in [0.25, 0.3) is 0 Å². The maximum atomic E-state index is 12.8. The van der Waals surface area contributed by atoms with Crippen LogP contribution in [0.2, 0.25) is 5.02 Å². The maximum absolute atomic E-state index is 12.8. The van der Waals surface area contributed by atoms with E-state index in [9.17, 15) is 14.7 Å². The van der Waals surface area contributed by atoms with Crippen LogP contribution in [0, 0.1) is 0 Å². The van der Waals surface area contributed by atoms with E-state index in [0.29, 0.717) is 22.9 Å². The molecule has 0 fully saturated rings. The Balaban J connectivity index is 1.75. The fraction of sp³-hybridized carbons (Fsp3) is 0.440. The molecule has 0 bridgehead atoms. The van der Waals surface area contributed by atoms with Gasteiger partial charge in [-0.05, 0) is 57.0 Å². The molecule has 3 rings (SSSR count). The summed E-state index contributed by atoms with van der Waals surface area (Å²) in [6.07, 6.45) is -0.189. The molecule has 0 saturated heterocycles. The third-order valence-corrected chi connectivity index (χ3v) is 5.36. The van der Waals surface area contributed by atoms with Gasteiger partial charge in [0.25, 0.3) is 5.91 Å². The second-order valence-electron chi connectivity index (χ2n) is 8.55. The van der Waals surface area contributed by atoms with Crippen molar-refractivity contribution in [3.63, 3.8) is 0 Å². The monoisotopic (exact) mass is 475 g/mol. The predicted octanol–water partition coefficient (Wildman–Crippen LogP) is 4.41. The Bertz CT molecular complexity index is 1020. The van der Waals surface area contributed by atoms with Gasteiger partial charge < -0.3 is 24.6 Å². The number of benzene rings is 2. The summed E-state index contributed by atoms with van der Waals surface area (Å²) in [4.78, 5) is 24.4. The minimum atomic E-state index is -1.00. The summed E-state index contributed by atoms with van der Waals surface area (Å²) in [5, 5.41) is 12.7. The molecule has 1 atom stereocenters. The minimum Gasteiger partial charge on any atom is -0.493 e. The topological polar surface area (TPSA) is 94.1 Å². The van der Waals surface area contributed by atoms with Gasteiger partial charge in [-0.1, -0.05) is 23.7 Å². The van der Waals surface area contributed by atoms with Crippen LogP contribution in [-0.2, 0) is 28.9 Å². The summed E-state index contributed by atoms with van der Waals surface area (Å²) in [6, 6.07) is 8.79. The molecule has 0 radical (unpaired) electrons. The third kappa shape index (κ3) is 6.62. The third-order valence-electron chi connectivity index (χ3n) is 5.05. The number of rotatable bonds is 10. The van der Waals surface area contributed by atoms with Gasteiger partial charge in [-0.25, -0.2) is 4.79 Å². The lowest BCUT2D eigenvalue weighted by Gasteiger charge is -2.18. The highest BCUT2D eigenvalue weighted by molar-refractivity contribution is 6.34. The molecule has 7 nitrogen and oxygen atoms in total. The van der Waals surface area contributed by atoms with Crippen molar-refractivity contribution >= 4 is 23.5 Å². The van der Waals surface area contributed by atoms with Gasteiger partial charge >= 0.3 is 5.97 Å². The first-order chi connectivity index (χ1) is 15.6. The largest absolute Gasteiger partial charge is 0.493 e. The van der Waals surface area contributed by atoms with Gasteiger partial charge in [0.05, 0.1) is 29.4 Å². The molecule has 2 aromatic rings. The Kier molecular flexibility index (Phi) is 8.21. The zero-order valence-corrected chi connectivity index (χ0v) is 20.1. The molecule has 1 unspecified atom stereocenters. The van der Waals surface area contributed by atoms with Crippen molar-refractivity contribution in [3.8, 4) is 11.5 Å². The molecule has 0 aliphatic carbocycles. The normalized spacial score (nSPS) is 13.5. The van der Waals surface area contributed by atoms with E-state index < -0.39 is 12.1 Å². The molecule has 2 aromatic carbocycles. The summed E-state index contributed by atoms with van der Waals surface area (Å²) in [5.41, 5.74) is 2.96. The molecule has 8 heteroatoms. The molecule has 178 valence electrons. The van der Waals surface area contributed by atoms with E-state index in [2.05, 4.69) is 5.32 Å². The van der Waals surface area contributed by atoms with E-state index >= 15 is 0 Å². The Morgan fingerprint density at radius 2 is 1.91 bits per heavy atom.